The molecule has 7 heteroatoms. The summed E-state index contributed by atoms with van der Waals surface area (Å²) < 4.78 is 11.4. The lowest BCUT2D eigenvalue weighted by Gasteiger charge is -2.24. The molecule has 3 aromatic carbocycles. The molecule has 0 saturated heterocycles. The van der Waals surface area contributed by atoms with E-state index in [2.05, 4.69) is 4.98 Å². The van der Waals surface area contributed by atoms with Crippen molar-refractivity contribution in [3.8, 4) is 5.75 Å². The van der Waals surface area contributed by atoms with Gasteiger partial charge in [0, 0.05) is 34.0 Å². The molecule has 1 amide bonds. The first-order valence-electron chi connectivity index (χ1n) is 12.8. The molecule has 39 heavy (non-hydrogen) atoms. The molecular formula is C32H30N2O5. The van der Waals surface area contributed by atoms with E-state index in [4.69, 9.17) is 14.9 Å². The molecule has 0 spiro atoms. The first kappa shape index (κ1) is 26.1. The van der Waals surface area contributed by atoms with Crippen LogP contribution in [-0.4, -0.2) is 21.6 Å². The van der Waals surface area contributed by atoms with Gasteiger partial charge in [-0.05, 0) is 74.7 Å². The van der Waals surface area contributed by atoms with E-state index < -0.39 is 17.1 Å². The molecule has 5 rings (SSSR count). The summed E-state index contributed by atoms with van der Waals surface area (Å²) in [6.07, 6.45) is 0.205. The summed E-state index contributed by atoms with van der Waals surface area (Å²) >= 11 is 0. The number of hydrogen-bond donors (Lipinski definition) is 2. The number of para-hydroxylation sites is 1. The second-order valence-electron chi connectivity index (χ2n) is 10.0. The number of benzene rings is 3. The fraction of sp³-hybridized carbons (Fsp3) is 0.219. The third-order valence-electron chi connectivity index (χ3n) is 6.98. The predicted molar refractivity (Wildman–Crippen MR) is 151 cm³/mol. The van der Waals surface area contributed by atoms with Gasteiger partial charge >= 0.3 is 5.63 Å². The van der Waals surface area contributed by atoms with Gasteiger partial charge in [0.05, 0.1) is 5.52 Å². The van der Waals surface area contributed by atoms with Crippen LogP contribution >= 0.6 is 0 Å². The number of carbonyl (C=O) groups is 1. The molecule has 0 fully saturated rings. The number of ether oxygens (including phenoxy) is 1. The Morgan fingerprint density at radius 1 is 1.00 bits per heavy atom. The Bertz CT molecular complexity index is 1730. The zero-order valence-corrected chi connectivity index (χ0v) is 21.9. The van der Waals surface area contributed by atoms with Crippen molar-refractivity contribution in [1.29, 1.82) is 0 Å². The molecule has 1 unspecified atom stereocenters. The quantitative estimate of drug-likeness (QED) is 0.265. The van der Waals surface area contributed by atoms with Crippen LogP contribution in [0, 0.1) is 13.8 Å². The molecule has 198 valence electrons. The van der Waals surface area contributed by atoms with Gasteiger partial charge in [-0.15, -0.1) is 0 Å². The molecule has 2 heterocycles. The van der Waals surface area contributed by atoms with Crippen LogP contribution in [0.3, 0.4) is 0 Å². The fourth-order valence-corrected chi connectivity index (χ4v) is 4.80. The van der Waals surface area contributed by atoms with Gasteiger partial charge in [0.25, 0.3) is 0 Å². The SMILES string of the molecule is Cc1ccc2oc(=O)c(CC(O)(CCc3ccc(OCc4cc(C)nc5ccccc45)cc3)C(N)=O)cc2c1. The lowest BCUT2D eigenvalue weighted by Crippen LogP contribution is -2.47. The number of aliphatic hydroxyl groups is 1. The van der Waals surface area contributed by atoms with Crippen molar-refractivity contribution in [3.63, 3.8) is 0 Å². The first-order chi connectivity index (χ1) is 18.7. The zero-order chi connectivity index (χ0) is 27.6. The number of aromatic nitrogens is 1. The van der Waals surface area contributed by atoms with Crippen LogP contribution in [0.1, 0.15) is 34.4 Å². The third-order valence-corrected chi connectivity index (χ3v) is 6.98. The first-order valence-corrected chi connectivity index (χ1v) is 12.8. The number of nitrogens with two attached hydrogens (primary N) is 1. The van der Waals surface area contributed by atoms with Crippen LogP contribution in [0.15, 0.2) is 88.1 Å². The lowest BCUT2D eigenvalue weighted by atomic mass is 9.88. The Kier molecular flexibility index (Phi) is 7.17. The van der Waals surface area contributed by atoms with Crippen LogP contribution in [0.2, 0.25) is 0 Å². The number of amides is 1. The van der Waals surface area contributed by atoms with Crippen molar-refractivity contribution in [2.24, 2.45) is 5.73 Å². The summed E-state index contributed by atoms with van der Waals surface area (Å²) in [5.41, 5.74) is 8.58. The van der Waals surface area contributed by atoms with E-state index in [1.165, 1.54) is 0 Å². The topological polar surface area (TPSA) is 116 Å². The van der Waals surface area contributed by atoms with Gasteiger partial charge in [-0.25, -0.2) is 4.79 Å². The summed E-state index contributed by atoms with van der Waals surface area (Å²) in [6, 6.07) is 24.6. The van der Waals surface area contributed by atoms with Crippen molar-refractivity contribution in [3.05, 3.63) is 117 Å². The molecule has 3 N–H and O–H groups in total. The molecule has 0 aliphatic heterocycles. The van der Waals surface area contributed by atoms with Crippen LogP contribution < -0.4 is 16.1 Å². The molecule has 0 saturated carbocycles. The van der Waals surface area contributed by atoms with Crippen LogP contribution in [-0.2, 0) is 24.2 Å². The molecule has 5 aromatic rings. The predicted octanol–water partition coefficient (Wildman–Crippen LogP) is 4.93. The second-order valence-corrected chi connectivity index (χ2v) is 10.0. The number of fused-ring (bicyclic) bond motifs is 2. The minimum absolute atomic E-state index is 0.0517. The smallest absolute Gasteiger partial charge is 0.339 e. The van der Waals surface area contributed by atoms with Crippen molar-refractivity contribution >= 4 is 27.8 Å². The lowest BCUT2D eigenvalue weighted by molar-refractivity contribution is -0.136. The number of nitrogens with zero attached hydrogens (tertiary/aromatic N) is 1. The van der Waals surface area contributed by atoms with E-state index in [-0.39, 0.29) is 18.4 Å². The van der Waals surface area contributed by atoms with Crippen molar-refractivity contribution in [2.45, 2.75) is 45.3 Å². The Morgan fingerprint density at radius 3 is 2.54 bits per heavy atom. The summed E-state index contributed by atoms with van der Waals surface area (Å²) in [5, 5.41) is 12.9. The van der Waals surface area contributed by atoms with E-state index in [0.717, 1.165) is 38.7 Å². The monoisotopic (exact) mass is 522 g/mol. The minimum atomic E-state index is -1.90. The molecule has 0 radical (unpaired) electrons. The summed E-state index contributed by atoms with van der Waals surface area (Å²) in [4.78, 5) is 29.4. The maximum Gasteiger partial charge on any atom is 0.339 e. The van der Waals surface area contributed by atoms with Gasteiger partial charge in [-0.3, -0.25) is 9.78 Å². The second kappa shape index (κ2) is 10.7. The Labute approximate surface area is 225 Å². The fourth-order valence-electron chi connectivity index (χ4n) is 4.80. The minimum Gasteiger partial charge on any atom is -0.489 e. The highest BCUT2D eigenvalue weighted by Crippen LogP contribution is 2.24. The van der Waals surface area contributed by atoms with Crippen molar-refractivity contribution < 1.29 is 19.1 Å². The highest BCUT2D eigenvalue weighted by molar-refractivity contribution is 5.84. The van der Waals surface area contributed by atoms with E-state index >= 15 is 0 Å². The van der Waals surface area contributed by atoms with Gasteiger partial charge in [0.15, 0.2) is 0 Å². The number of rotatable bonds is 9. The Hall–Kier alpha value is -4.49. The average Bonchev–Trinajstić information content (AvgIpc) is 2.91. The average molecular weight is 523 g/mol. The molecule has 1 atom stereocenters. The van der Waals surface area contributed by atoms with Crippen molar-refractivity contribution in [2.75, 3.05) is 0 Å². The molecule has 0 aliphatic carbocycles. The van der Waals surface area contributed by atoms with E-state index in [1.54, 1.807) is 12.1 Å². The van der Waals surface area contributed by atoms with Crippen LogP contribution in [0.4, 0.5) is 0 Å². The standard InChI is InChI=1S/C32H30N2O5/c1-20-7-12-29-23(15-20)17-24(30(35)39-29)18-32(37,31(33)36)14-13-22-8-10-26(11-9-22)38-19-25-16-21(2)34-28-6-4-3-5-27(25)28/h3-12,15-17,37H,13-14,18-19H2,1-2H3,(H2,33,36). The maximum absolute atomic E-state index is 12.5. The van der Waals surface area contributed by atoms with Gasteiger partial charge in [-0.2, -0.15) is 0 Å². The van der Waals surface area contributed by atoms with Gasteiger partial charge in [0.2, 0.25) is 5.91 Å². The van der Waals surface area contributed by atoms with Gasteiger partial charge in [-0.1, -0.05) is 42.0 Å². The van der Waals surface area contributed by atoms with E-state index in [0.29, 0.717) is 24.4 Å². The number of carbonyl (C=O) groups excluding carboxylic acids is 1. The van der Waals surface area contributed by atoms with Gasteiger partial charge in [0.1, 0.15) is 23.5 Å². The van der Waals surface area contributed by atoms with Crippen LogP contribution in [0.25, 0.3) is 21.9 Å². The van der Waals surface area contributed by atoms with E-state index in [1.807, 2.05) is 80.6 Å². The maximum atomic E-state index is 12.5. The molecule has 7 nitrogen and oxygen atoms in total. The summed E-state index contributed by atoms with van der Waals surface area (Å²) in [6.45, 7) is 4.30. The number of aryl methyl sites for hydroxylation is 3. The molecule has 0 bridgehead atoms. The van der Waals surface area contributed by atoms with Crippen molar-refractivity contribution in [1.82, 2.24) is 4.98 Å². The highest BCUT2D eigenvalue weighted by atomic mass is 16.5. The van der Waals surface area contributed by atoms with E-state index in [9.17, 15) is 14.7 Å². The molecular weight excluding hydrogens is 492 g/mol. The zero-order valence-electron chi connectivity index (χ0n) is 21.9. The third kappa shape index (κ3) is 5.84. The molecule has 0 aliphatic rings. The summed E-state index contributed by atoms with van der Waals surface area (Å²) in [7, 11) is 0. The van der Waals surface area contributed by atoms with Gasteiger partial charge < -0.3 is 20.0 Å². The Balaban J connectivity index is 1.26. The number of pyridine rings is 1. The normalized spacial score (nSPS) is 12.9. The van der Waals surface area contributed by atoms with Crippen LogP contribution in [0.5, 0.6) is 5.75 Å². The summed E-state index contributed by atoms with van der Waals surface area (Å²) in [5.74, 6) is -0.183. The largest absolute Gasteiger partial charge is 0.489 e. The number of primary amides is 1. The highest BCUT2D eigenvalue weighted by Gasteiger charge is 2.35. The Morgan fingerprint density at radius 2 is 1.77 bits per heavy atom. The number of hydrogen-bond acceptors (Lipinski definition) is 6. The molecule has 2 aromatic heterocycles.